The summed E-state index contributed by atoms with van der Waals surface area (Å²) in [5.74, 6) is 0.679. The summed E-state index contributed by atoms with van der Waals surface area (Å²) in [5, 5.41) is 9.45. The van der Waals surface area contributed by atoms with Crippen molar-refractivity contribution in [3.05, 3.63) is 52.8 Å². The van der Waals surface area contributed by atoms with Gasteiger partial charge in [-0.1, -0.05) is 23.7 Å². The molecule has 1 aromatic carbocycles. The van der Waals surface area contributed by atoms with Crippen LogP contribution < -0.4 is 0 Å². The number of halogens is 1. The minimum absolute atomic E-state index is 0.0916. The van der Waals surface area contributed by atoms with Crippen LogP contribution in [0.5, 0.6) is 0 Å². The van der Waals surface area contributed by atoms with Gasteiger partial charge in [-0.3, -0.25) is 4.79 Å². The maximum Gasteiger partial charge on any atom is 0.273 e. The summed E-state index contributed by atoms with van der Waals surface area (Å²) in [6.45, 7) is 2.16. The van der Waals surface area contributed by atoms with Crippen molar-refractivity contribution >= 4 is 28.4 Å². The Hall–Kier alpha value is -2.51. The lowest BCUT2D eigenvalue weighted by Crippen LogP contribution is -2.32. The molecule has 7 nitrogen and oxygen atoms in total. The molecule has 0 saturated carbocycles. The van der Waals surface area contributed by atoms with E-state index in [-0.39, 0.29) is 18.1 Å². The Kier molecular flexibility index (Phi) is 4.34. The van der Waals surface area contributed by atoms with Crippen LogP contribution in [-0.4, -0.2) is 45.7 Å². The van der Waals surface area contributed by atoms with E-state index >= 15 is 0 Å². The quantitative estimate of drug-likeness (QED) is 0.702. The van der Waals surface area contributed by atoms with E-state index in [1.54, 1.807) is 37.1 Å². The first-order valence-electron chi connectivity index (χ1n) is 8.25. The minimum atomic E-state index is -0.328. The number of amides is 1. The second kappa shape index (κ2) is 6.66. The monoisotopic (exact) mass is 372 g/mol. The van der Waals surface area contributed by atoms with E-state index in [2.05, 4.69) is 15.2 Å². The van der Waals surface area contributed by atoms with Gasteiger partial charge in [0.2, 0.25) is 11.8 Å². The maximum atomic E-state index is 13.1. The maximum absolute atomic E-state index is 13.1. The molecule has 1 amide bonds. The number of pyridine rings is 1. The lowest BCUT2D eigenvalue weighted by molar-refractivity contribution is 0.0668. The summed E-state index contributed by atoms with van der Waals surface area (Å²) in [7, 11) is 1.63. The van der Waals surface area contributed by atoms with Crippen molar-refractivity contribution in [2.24, 2.45) is 0 Å². The van der Waals surface area contributed by atoms with Gasteiger partial charge in [0.25, 0.3) is 5.91 Å². The molecule has 4 rings (SSSR count). The van der Waals surface area contributed by atoms with Crippen LogP contribution in [0.3, 0.4) is 0 Å². The molecular weight excluding hydrogens is 356 g/mol. The van der Waals surface area contributed by atoms with E-state index in [0.29, 0.717) is 41.0 Å². The minimum Gasteiger partial charge on any atom is -0.423 e. The number of aryl methyl sites for hydroxylation is 1. The molecule has 0 spiro atoms. The number of methoxy groups -OCH3 is 1. The van der Waals surface area contributed by atoms with Crippen LogP contribution in [0, 0.1) is 6.92 Å². The Morgan fingerprint density at radius 2 is 2.12 bits per heavy atom. The Morgan fingerprint density at radius 3 is 2.85 bits per heavy atom. The first-order chi connectivity index (χ1) is 12.5. The summed E-state index contributed by atoms with van der Waals surface area (Å²) in [4.78, 5) is 19.3. The van der Waals surface area contributed by atoms with Gasteiger partial charge in [0.15, 0.2) is 0 Å². The lowest BCUT2D eigenvalue weighted by Gasteiger charge is -2.21. The predicted molar refractivity (Wildman–Crippen MR) is 95.0 cm³/mol. The highest BCUT2D eigenvalue weighted by Gasteiger charge is 2.40. The predicted octanol–water partition coefficient (Wildman–Crippen LogP) is 3.18. The molecule has 0 bridgehead atoms. The molecule has 1 fully saturated rings. The highest BCUT2D eigenvalue weighted by molar-refractivity contribution is 6.31. The molecule has 26 heavy (non-hydrogen) atoms. The van der Waals surface area contributed by atoms with E-state index in [0.717, 1.165) is 5.39 Å². The fourth-order valence-electron chi connectivity index (χ4n) is 3.23. The van der Waals surface area contributed by atoms with Crippen LogP contribution in [-0.2, 0) is 4.74 Å². The van der Waals surface area contributed by atoms with Gasteiger partial charge in [0, 0.05) is 37.4 Å². The summed E-state index contributed by atoms with van der Waals surface area (Å²) in [6, 6.07) is 8.67. The van der Waals surface area contributed by atoms with Gasteiger partial charge >= 0.3 is 0 Å². The summed E-state index contributed by atoms with van der Waals surface area (Å²) in [6.07, 6.45) is 0.509. The van der Waals surface area contributed by atoms with Gasteiger partial charge in [-0.15, -0.1) is 10.2 Å². The smallest absolute Gasteiger partial charge is 0.273 e. The molecule has 1 aliphatic rings. The number of ether oxygens (including phenoxy) is 1. The molecule has 2 aromatic heterocycles. The molecule has 0 aliphatic carbocycles. The number of hydrogen-bond acceptors (Lipinski definition) is 6. The van der Waals surface area contributed by atoms with Crippen molar-refractivity contribution in [2.75, 3.05) is 13.7 Å². The van der Waals surface area contributed by atoms with Crippen LogP contribution in [0.15, 0.2) is 34.7 Å². The third-order valence-electron chi connectivity index (χ3n) is 4.56. The van der Waals surface area contributed by atoms with Crippen molar-refractivity contribution in [1.82, 2.24) is 20.1 Å². The van der Waals surface area contributed by atoms with Gasteiger partial charge in [0.05, 0.1) is 11.6 Å². The van der Waals surface area contributed by atoms with Gasteiger partial charge < -0.3 is 14.1 Å². The van der Waals surface area contributed by atoms with Gasteiger partial charge in [0.1, 0.15) is 11.7 Å². The Bertz CT molecular complexity index is 974. The zero-order chi connectivity index (χ0) is 18.3. The van der Waals surface area contributed by atoms with Crippen LogP contribution in [0.4, 0.5) is 0 Å². The molecule has 0 N–H and O–H groups in total. The highest BCUT2D eigenvalue weighted by Crippen LogP contribution is 2.33. The van der Waals surface area contributed by atoms with E-state index in [1.165, 1.54) is 0 Å². The SMILES string of the molecule is CO[C@@H]1C[C@H](c2nnc(C)o2)N(C(=O)c2ccc3ccc(Cl)cc3n2)C1. The molecular formula is C18H17ClN4O3. The topological polar surface area (TPSA) is 81.4 Å². The third-order valence-corrected chi connectivity index (χ3v) is 4.79. The Balaban J connectivity index is 1.68. The standard InChI is InChI=1S/C18H17ClN4O3/c1-10-21-22-17(26-10)16-8-13(25-2)9-23(16)18(24)14-6-4-11-3-5-12(19)7-15(11)20-14/h3-7,13,16H,8-9H2,1-2H3/t13-,16-/m1/s1. The number of benzene rings is 1. The molecule has 1 saturated heterocycles. The van der Waals surface area contributed by atoms with Gasteiger partial charge in [-0.2, -0.15) is 0 Å². The molecule has 1 aliphatic heterocycles. The number of rotatable bonds is 3. The summed E-state index contributed by atoms with van der Waals surface area (Å²) >= 11 is 6.04. The number of aromatic nitrogens is 3. The first kappa shape index (κ1) is 16.9. The van der Waals surface area contributed by atoms with E-state index in [9.17, 15) is 4.79 Å². The zero-order valence-electron chi connectivity index (χ0n) is 14.3. The van der Waals surface area contributed by atoms with Crippen molar-refractivity contribution in [3.8, 4) is 0 Å². The van der Waals surface area contributed by atoms with Crippen molar-refractivity contribution in [3.63, 3.8) is 0 Å². The molecule has 8 heteroatoms. The van der Waals surface area contributed by atoms with Gasteiger partial charge in [-0.05, 0) is 18.2 Å². The lowest BCUT2D eigenvalue weighted by atomic mass is 10.1. The largest absolute Gasteiger partial charge is 0.423 e. The fourth-order valence-corrected chi connectivity index (χ4v) is 3.40. The van der Waals surface area contributed by atoms with Crippen LogP contribution in [0.2, 0.25) is 5.02 Å². The normalized spacial score (nSPS) is 20.0. The van der Waals surface area contributed by atoms with Crippen molar-refractivity contribution < 1.29 is 13.9 Å². The van der Waals surface area contributed by atoms with Gasteiger partial charge in [-0.25, -0.2) is 4.98 Å². The third kappa shape index (κ3) is 3.04. The zero-order valence-corrected chi connectivity index (χ0v) is 15.1. The average Bonchev–Trinajstić information content (AvgIpc) is 3.26. The first-order valence-corrected chi connectivity index (χ1v) is 8.63. The number of hydrogen-bond donors (Lipinski definition) is 0. The number of carbonyl (C=O) groups is 1. The Labute approximate surface area is 154 Å². The molecule has 134 valence electrons. The second-order valence-corrected chi connectivity index (χ2v) is 6.70. The van der Waals surface area contributed by atoms with Crippen LogP contribution >= 0.6 is 11.6 Å². The molecule has 3 heterocycles. The Morgan fingerprint density at radius 1 is 1.31 bits per heavy atom. The molecule has 0 unspecified atom stereocenters. The molecule has 3 aromatic rings. The van der Waals surface area contributed by atoms with E-state index < -0.39 is 0 Å². The number of nitrogens with zero attached hydrogens (tertiary/aromatic N) is 4. The highest BCUT2D eigenvalue weighted by atomic mass is 35.5. The molecule has 2 atom stereocenters. The van der Waals surface area contributed by atoms with E-state index in [1.807, 2.05) is 12.1 Å². The van der Waals surface area contributed by atoms with Crippen molar-refractivity contribution in [1.29, 1.82) is 0 Å². The summed E-state index contributed by atoms with van der Waals surface area (Å²) in [5.41, 5.74) is 1.02. The van der Waals surface area contributed by atoms with Crippen LogP contribution in [0.25, 0.3) is 10.9 Å². The average molecular weight is 373 g/mol. The number of fused-ring (bicyclic) bond motifs is 1. The second-order valence-electron chi connectivity index (χ2n) is 6.26. The fraction of sp³-hybridized carbons (Fsp3) is 0.333. The van der Waals surface area contributed by atoms with Crippen LogP contribution in [0.1, 0.15) is 34.7 Å². The van der Waals surface area contributed by atoms with E-state index in [4.69, 9.17) is 20.8 Å². The van der Waals surface area contributed by atoms with Crippen molar-refractivity contribution in [2.45, 2.75) is 25.5 Å². The number of carbonyl (C=O) groups excluding carboxylic acids is 1. The number of likely N-dealkylation sites (tertiary alicyclic amines) is 1. The molecule has 0 radical (unpaired) electrons. The summed E-state index contributed by atoms with van der Waals surface area (Å²) < 4.78 is 11.0.